The fourth-order valence-corrected chi connectivity index (χ4v) is 5.69. The molecule has 1 saturated heterocycles. The van der Waals surface area contributed by atoms with Gasteiger partial charge in [0.25, 0.3) is 0 Å². The quantitative estimate of drug-likeness (QED) is 0.852. The van der Waals surface area contributed by atoms with E-state index in [9.17, 15) is 9.90 Å². The third-order valence-electron chi connectivity index (χ3n) is 6.58. The van der Waals surface area contributed by atoms with Crippen LogP contribution in [-0.2, 0) is 14.3 Å². The number of ketones is 1. The molecule has 4 aliphatic rings. The molecule has 5 rings (SSSR count). The second-order valence-electron chi connectivity index (χ2n) is 8.79. The maximum absolute atomic E-state index is 13.0. The van der Waals surface area contributed by atoms with Gasteiger partial charge in [0, 0.05) is 25.0 Å². The number of hydrogen-bond donors (Lipinski definition) is 1. The third-order valence-corrected chi connectivity index (χ3v) is 6.58. The highest BCUT2D eigenvalue weighted by Gasteiger charge is 2.81. The molecule has 1 aromatic carbocycles. The molecule has 4 nitrogen and oxygen atoms in total. The summed E-state index contributed by atoms with van der Waals surface area (Å²) in [6, 6.07) is 9.93. The monoisotopic (exact) mass is 340 g/mol. The molecule has 0 aromatic heterocycles. The topological polar surface area (TPSA) is 55.8 Å². The molecular formula is C21H24O4. The Balaban J connectivity index is 1.65. The number of Topliss-reactive ketones (excluding diaryl/α,β-unsaturated/α-hetero) is 1. The Morgan fingerprint density at radius 3 is 2.68 bits per heavy atom. The van der Waals surface area contributed by atoms with E-state index in [-0.39, 0.29) is 23.2 Å². The summed E-state index contributed by atoms with van der Waals surface area (Å²) >= 11 is 0. The lowest BCUT2D eigenvalue weighted by Crippen LogP contribution is -2.74. The van der Waals surface area contributed by atoms with Crippen LogP contribution in [0.3, 0.4) is 0 Å². The van der Waals surface area contributed by atoms with Crippen LogP contribution in [0.4, 0.5) is 0 Å². The zero-order valence-electron chi connectivity index (χ0n) is 14.7. The Kier molecular flexibility index (Phi) is 2.96. The lowest BCUT2D eigenvalue weighted by molar-refractivity contribution is -0.360. The minimum absolute atomic E-state index is 0.125. The molecule has 132 valence electrons. The third kappa shape index (κ3) is 1.77. The van der Waals surface area contributed by atoms with E-state index in [1.807, 2.05) is 30.3 Å². The van der Waals surface area contributed by atoms with Crippen molar-refractivity contribution < 1.29 is 19.4 Å². The molecule has 1 saturated carbocycles. The maximum Gasteiger partial charge on any atom is 0.229 e. The number of benzene rings is 1. The highest BCUT2D eigenvalue weighted by atomic mass is 16.6. The highest BCUT2D eigenvalue weighted by molar-refractivity contribution is 6.00. The number of ether oxygens (including phenoxy) is 2. The Bertz CT molecular complexity index is 780. The van der Waals surface area contributed by atoms with E-state index in [4.69, 9.17) is 9.47 Å². The van der Waals surface area contributed by atoms with Crippen LogP contribution in [-0.4, -0.2) is 29.4 Å². The Morgan fingerprint density at radius 1 is 1.16 bits per heavy atom. The summed E-state index contributed by atoms with van der Waals surface area (Å²) < 4.78 is 12.4. The molecule has 25 heavy (non-hydrogen) atoms. The van der Waals surface area contributed by atoms with Gasteiger partial charge in [-0.2, -0.15) is 0 Å². The fourth-order valence-electron chi connectivity index (χ4n) is 5.69. The van der Waals surface area contributed by atoms with Crippen LogP contribution in [0.1, 0.15) is 51.0 Å². The van der Waals surface area contributed by atoms with Crippen molar-refractivity contribution in [2.45, 2.75) is 57.3 Å². The number of hydrogen-bond acceptors (Lipinski definition) is 4. The minimum atomic E-state index is -1.36. The van der Waals surface area contributed by atoms with E-state index in [1.165, 1.54) is 0 Å². The van der Waals surface area contributed by atoms with Crippen LogP contribution in [0.2, 0.25) is 0 Å². The Morgan fingerprint density at radius 2 is 1.92 bits per heavy atom. The van der Waals surface area contributed by atoms with Crippen molar-refractivity contribution in [2.24, 2.45) is 10.8 Å². The molecule has 4 unspecified atom stereocenters. The van der Waals surface area contributed by atoms with E-state index in [0.29, 0.717) is 25.2 Å². The van der Waals surface area contributed by atoms with Gasteiger partial charge in [-0.1, -0.05) is 44.2 Å². The van der Waals surface area contributed by atoms with Gasteiger partial charge in [0.2, 0.25) is 5.79 Å². The first-order valence-electron chi connectivity index (χ1n) is 9.24. The van der Waals surface area contributed by atoms with Gasteiger partial charge in [0.15, 0.2) is 5.78 Å². The van der Waals surface area contributed by atoms with Crippen molar-refractivity contribution in [3.8, 4) is 0 Å². The van der Waals surface area contributed by atoms with Gasteiger partial charge >= 0.3 is 0 Å². The fraction of sp³-hybridized carbons (Fsp3) is 0.571. The number of aliphatic hydroxyl groups is 1. The van der Waals surface area contributed by atoms with Crippen LogP contribution in [0, 0.1) is 10.8 Å². The molecule has 4 heteroatoms. The smallest absolute Gasteiger partial charge is 0.229 e. The van der Waals surface area contributed by atoms with Crippen LogP contribution in [0.25, 0.3) is 0 Å². The van der Waals surface area contributed by atoms with E-state index in [2.05, 4.69) is 13.8 Å². The van der Waals surface area contributed by atoms with Crippen LogP contribution < -0.4 is 0 Å². The van der Waals surface area contributed by atoms with Gasteiger partial charge in [-0.15, -0.1) is 0 Å². The minimum Gasteiger partial charge on any atom is -0.465 e. The van der Waals surface area contributed by atoms with Gasteiger partial charge in [0.1, 0.15) is 5.76 Å². The summed E-state index contributed by atoms with van der Waals surface area (Å²) in [7, 11) is 0. The van der Waals surface area contributed by atoms with E-state index in [1.54, 1.807) is 0 Å². The molecule has 4 atom stereocenters. The Labute approximate surface area is 147 Å². The molecule has 0 amide bonds. The number of carbonyl (C=O) groups is 1. The van der Waals surface area contributed by atoms with Crippen LogP contribution in [0.5, 0.6) is 0 Å². The summed E-state index contributed by atoms with van der Waals surface area (Å²) in [6.45, 7) is 4.85. The van der Waals surface area contributed by atoms with Gasteiger partial charge in [-0.05, 0) is 23.8 Å². The van der Waals surface area contributed by atoms with Crippen molar-refractivity contribution >= 4 is 5.78 Å². The molecule has 0 radical (unpaired) electrons. The number of allylic oxidation sites excluding steroid dienone is 1. The Hall–Kier alpha value is -1.65. The first-order chi connectivity index (χ1) is 11.9. The van der Waals surface area contributed by atoms with Gasteiger partial charge in [-0.25, -0.2) is 0 Å². The summed E-state index contributed by atoms with van der Waals surface area (Å²) in [6.07, 6.45) is 2.62. The van der Waals surface area contributed by atoms with Crippen molar-refractivity contribution in [1.29, 1.82) is 0 Å². The normalized spacial score (nSPS) is 41.3. The van der Waals surface area contributed by atoms with Gasteiger partial charge in [0.05, 0.1) is 17.4 Å². The van der Waals surface area contributed by atoms with Crippen molar-refractivity contribution in [3.05, 3.63) is 47.2 Å². The zero-order chi connectivity index (χ0) is 17.4. The second kappa shape index (κ2) is 4.74. The highest BCUT2D eigenvalue weighted by Crippen LogP contribution is 2.73. The average molecular weight is 340 g/mol. The lowest BCUT2D eigenvalue weighted by atomic mass is 9.46. The molecule has 2 aliphatic carbocycles. The van der Waals surface area contributed by atoms with Crippen molar-refractivity contribution in [3.63, 3.8) is 0 Å². The molecule has 1 aromatic rings. The summed E-state index contributed by atoms with van der Waals surface area (Å²) in [4.78, 5) is 13.0. The van der Waals surface area contributed by atoms with Gasteiger partial charge < -0.3 is 14.6 Å². The molecule has 2 aliphatic heterocycles. The number of carbonyl (C=O) groups excluding carboxylic acids is 1. The van der Waals surface area contributed by atoms with Crippen LogP contribution >= 0.6 is 0 Å². The first-order valence-corrected chi connectivity index (χ1v) is 9.24. The SMILES string of the molecule is CC1(C)CC(=O)C2=C(C1)OC1(O)C(c3ccccc3)C3OCCCC231. The summed E-state index contributed by atoms with van der Waals surface area (Å²) in [5.41, 5.74) is 0.930. The second-order valence-corrected chi connectivity index (χ2v) is 8.79. The molecule has 1 spiro atoms. The predicted octanol–water partition coefficient (Wildman–Crippen LogP) is 3.31. The zero-order valence-corrected chi connectivity index (χ0v) is 14.7. The van der Waals surface area contributed by atoms with Crippen molar-refractivity contribution in [1.82, 2.24) is 0 Å². The lowest BCUT2D eigenvalue weighted by Gasteiger charge is -2.63. The largest absolute Gasteiger partial charge is 0.465 e. The van der Waals surface area contributed by atoms with Gasteiger partial charge in [-0.3, -0.25) is 4.79 Å². The van der Waals surface area contributed by atoms with E-state index < -0.39 is 11.2 Å². The van der Waals surface area contributed by atoms with Crippen LogP contribution in [0.15, 0.2) is 41.7 Å². The first kappa shape index (κ1) is 15.6. The molecule has 2 heterocycles. The van der Waals surface area contributed by atoms with E-state index in [0.717, 1.165) is 24.0 Å². The van der Waals surface area contributed by atoms with Crippen molar-refractivity contribution in [2.75, 3.05) is 6.61 Å². The maximum atomic E-state index is 13.0. The molecular weight excluding hydrogens is 316 g/mol. The predicted molar refractivity (Wildman–Crippen MR) is 91.7 cm³/mol. The summed E-state index contributed by atoms with van der Waals surface area (Å²) in [5, 5.41) is 11.7. The van der Waals surface area contributed by atoms with E-state index >= 15 is 0 Å². The standard InChI is InChI=1S/C21H24O4/c1-19(2)11-14(22)17-15(12-19)25-21(23)16(13-7-4-3-5-8-13)18-20(17,21)9-6-10-24-18/h3-5,7-8,16,18,23H,6,9-12H2,1-2H3. The average Bonchev–Trinajstić information content (AvgIpc) is 2.72. The molecule has 1 N–H and O–H groups in total. The molecule has 2 fully saturated rings. The molecule has 0 bridgehead atoms. The number of rotatable bonds is 1. The summed E-state index contributed by atoms with van der Waals surface area (Å²) in [5.74, 6) is -0.780.